The second-order valence-electron chi connectivity index (χ2n) is 4.41. The molecule has 1 heterocycles. The van der Waals surface area contributed by atoms with Gasteiger partial charge in [-0.05, 0) is 38.0 Å². The second kappa shape index (κ2) is 3.55. The van der Waals surface area contributed by atoms with Gasteiger partial charge in [0.25, 0.3) is 0 Å². The lowest BCUT2D eigenvalue weighted by atomic mass is 10.2. The van der Waals surface area contributed by atoms with E-state index in [4.69, 9.17) is 5.73 Å². The third-order valence-corrected chi connectivity index (χ3v) is 3.01. The van der Waals surface area contributed by atoms with Crippen LogP contribution >= 0.6 is 0 Å². The van der Waals surface area contributed by atoms with Crippen molar-refractivity contribution in [1.29, 1.82) is 0 Å². The van der Waals surface area contributed by atoms with Crippen LogP contribution in [0.5, 0.6) is 0 Å². The van der Waals surface area contributed by atoms with Crippen molar-refractivity contribution >= 4 is 5.69 Å². The van der Waals surface area contributed by atoms with Gasteiger partial charge in [0.05, 0.1) is 5.56 Å². The fraction of sp³-hybridized carbons (Fsp3) is 0.333. The van der Waals surface area contributed by atoms with Crippen LogP contribution in [0.4, 0.5) is 10.1 Å². The number of nitrogens with zero attached hydrogens (tertiary/aromatic N) is 3. The minimum absolute atomic E-state index is 0.348. The topological polar surface area (TPSA) is 56.7 Å². The quantitative estimate of drug-likeness (QED) is 0.808. The number of benzene rings is 1. The zero-order valence-electron chi connectivity index (χ0n) is 9.52. The van der Waals surface area contributed by atoms with Crippen molar-refractivity contribution in [2.45, 2.75) is 25.8 Å². The number of anilines is 1. The van der Waals surface area contributed by atoms with Gasteiger partial charge in [0.1, 0.15) is 11.6 Å². The molecule has 0 atom stereocenters. The Morgan fingerprint density at radius 3 is 2.76 bits per heavy atom. The van der Waals surface area contributed by atoms with Crippen LogP contribution < -0.4 is 5.73 Å². The number of aromatic nitrogens is 3. The Hall–Kier alpha value is -1.91. The van der Waals surface area contributed by atoms with Gasteiger partial charge in [0.2, 0.25) is 0 Å². The van der Waals surface area contributed by atoms with Gasteiger partial charge in [0, 0.05) is 11.7 Å². The van der Waals surface area contributed by atoms with Crippen LogP contribution in [0.25, 0.3) is 11.4 Å². The summed E-state index contributed by atoms with van der Waals surface area (Å²) in [6.07, 6.45) is 2.23. The standard InChI is InChI=1S/C12H13FN4/c1-7-15-16-12(17(7)9-3-4-9)10-5-2-8(14)6-11(10)13/h2,5-6,9H,3-4,14H2,1H3. The molecule has 0 radical (unpaired) electrons. The van der Waals surface area contributed by atoms with E-state index in [0.717, 1.165) is 18.7 Å². The van der Waals surface area contributed by atoms with Gasteiger partial charge < -0.3 is 10.3 Å². The zero-order valence-corrected chi connectivity index (χ0v) is 9.52. The minimum Gasteiger partial charge on any atom is -0.399 e. The molecular weight excluding hydrogens is 219 g/mol. The first-order chi connectivity index (χ1) is 8.16. The smallest absolute Gasteiger partial charge is 0.167 e. The van der Waals surface area contributed by atoms with Crippen LogP contribution in [-0.2, 0) is 0 Å². The van der Waals surface area contributed by atoms with Gasteiger partial charge in [-0.3, -0.25) is 0 Å². The fourth-order valence-electron chi connectivity index (χ4n) is 2.04. The van der Waals surface area contributed by atoms with Crippen LogP contribution in [0, 0.1) is 12.7 Å². The lowest BCUT2D eigenvalue weighted by Gasteiger charge is -2.07. The van der Waals surface area contributed by atoms with Crippen LogP contribution in [-0.4, -0.2) is 14.8 Å². The van der Waals surface area contributed by atoms with Gasteiger partial charge in [-0.15, -0.1) is 10.2 Å². The number of nitrogens with two attached hydrogens (primary N) is 1. The highest BCUT2D eigenvalue weighted by molar-refractivity contribution is 5.60. The van der Waals surface area contributed by atoms with E-state index >= 15 is 0 Å². The van der Waals surface area contributed by atoms with Crippen molar-refractivity contribution < 1.29 is 4.39 Å². The predicted molar refractivity (Wildman–Crippen MR) is 62.8 cm³/mol. The Morgan fingerprint density at radius 1 is 1.35 bits per heavy atom. The van der Waals surface area contributed by atoms with E-state index in [1.165, 1.54) is 6.07 Å². The van der Waals surface area contributed by atoms with Crippen LogP contribution in [0.1, 0.15) is 24.7 Å². The van der Waals surface area contributed by atoms with Crippen molar-refractivity contribution in [3.05, 3.63) is 29.8 Å². The molecule has 0 saturated heterocycles. The normalized spacial score (nSPS) is 15.2. The summed E-state index contributed by atoms with van der Waals surface area (Å²) in [6.45, 7) is 1.89. The molecule has 0 spiro atoms. The maximum atomic E-state index is 13.8. The van der Waals surface area contributed by atoms with Gasteiger partial charge >= 0.3 is 0 Å². The molecule has 1 fully saturated rings. The molecule has 0 amide bonds. The summed E-state index contributed by atoms with van der Waals surface area (Å²) >= 11 is 0. The fourth-order valence-corrected chi connectivity index (χ4v) is 2.04. The molecule has 3 rings (SSSR count). The SMILES string of the molecule is Cc1nnc(-c2ccc(N)cc2F)n1C1CC1. The molecule has 1 aromatic carbocycles. The Morgan fingerprint density at radius 2 is 2.12 bits per heavy atom. The van der Waals surface area contributed by atoms with E-state index in [-0.39, 0.29) is 5.82 Å². The first-order valence-electron chi connectivity index (χ1n) is 5.63. The number of hydrogen-bond donors (Lipinski definition) is 1. The van der Waals surface area contributed by atoms with Gasteiger partial charge in [0.15, 0.2) is 5.82 Å². The van der Waals surface area contributed by atoms with Gasteiger partial charge in [-0.25, -0.2) is 4.39 Å². The Labute approximate surface area is 98.3 Å². The molecule has 2 aromatic rings. The number of nitrogen functional groups attached to an aromatic ring is 1. The van der Waals surface area contributed by atoms with Crippen molar-refractivity contribution in [1.82, 2.24) is 14.8 Å². The summed E-state index contributed by atoms with van der Waals surface area (Å²) in [7, 11) is 0. The maximum Gasteiger partial charge on any atom is 0.167 e. The molecule has 1 aliphatic rings. The largest absolute Gasteiger partial charge is 0.399 e. The maximum absolute atomic E-state index is 13.8. The Kier molecular flexibility index (Phi) is 2.14. The van der Waals surface area contributed by atoms with Gasteiger partial charge in [-0.1, -0.05) is 0 Å². The minimum atomic E-state index is -0.348. The van der Waals surface area contributed by atoms with E-state index in [1.54, 1.807) is 12.1 Å². The van der Waals surface area contributed by atoms with E-state index in [2.05, 4.69) is 10.2 Å². The molecule has 0 bridgehead atoms. The molecule has 1 aliphatic carbocycles. The molecule has 1 saturated carbocycles. The van der Waals surface area contributed by atoms with E-state index in [0.29, 0.717) is 23.1 Å². The summed E-state index contributed by atoms with van der Waals surface area (Å²) < 4.78 is 15.9. The molecular formula is C12H13FN4. The summed E-state index contributed by atoms with van der Waals surface area (Å²) in [5, 5.41) is 8.10. The summed E-state index contributed by atoms with van der Waals surface area (Å²) in [4.78, 5) is 0. The van der Waals surface area contributed by atoms with Crippen molar-refractivity contribution in [3.63, 3.8) is 0 Å². The Balaban J connectivity index is 2.14. The van der Waals surface area contributed by atoms with Crippen LogP contribution in [0.15, 0.2) is 18.2 Å². The summed E-state index contributed by atoms with van der Waals surface area (Å²) in [5.41, 5.74) is 6.42. The van der Waals surface area contributed by atoms with Crippen molar-refractivity contribution in [2.75, 3.05) is 5.73 Å². The van der Waals surface area contributed by atoms with E-state index in [9.17, 15) is 4.39 Å². The number of rotatable bonds is 2. The summed E-state index contributed by atoms with van der Waals surface area (Å²) in [6, 6.07) is 5.08. The predicted octanol–water partition coefficient (Wildman–Crippen LogP) is 2.31. The molecule has 4 nitrogen and oxygen atoms in total. The molecule has 5 heteroatoms. The highest BCUT2D eigenvalue weighted by Gasteiger charge is 2.29. The highest BCUT2D eigenvalue weighted by atomic mass is 19.1. The third-order valence-electron chi connectivity index (χ3n) is 3.01. The summed E-state index contributed by atoms with van der Waals surface area (Å²) in [5.74, 6) is 1.08. The Bertz CT molecular complexity index is 572. The van der Waals surface area contributed by atoms with Crippen LogP contribution in [0.2, 0.25) is 0 Å². The zero-order chi connectivity index (χ0) is 12.0. The lowest BCUT2D eigenvalue weighted by molar-refractivity contribution is 0.626. The average molecular weight is 232 g/mol. The molecule has 1 aromatic heterocycles. The monoisotopic (exact) mass is 232 g/mol. The molecule has 2 N–H and O–H groups in total. The first kappa shape index (κ1) is 10.3. The number of aryl methyl sites for hydroxylation is 1. The average Bonchev–Trinajstić information content (AvgIpc) is 3.03. The van der Waals surface area contributed by atoms with Crippen LogP contribution in [0.3, 0.4) is 0 Å². The molecule has 0 aliphatic heterocycles. The lowest BCUT2D eigenvalue weighted by Crippen LogP contribution is -2.01. The second-order valence-corrected chi connectivity index (χ2v) is 4.41. The molecule has 0 unspecified atom stereocenters. The third kappa shape index (κ3) is 1.67. The first-order valence-corrected chi connectivity index (χ1v) is 5.63. The van der Waals surface area contributed by atoms with E-state index < -0.39 is 0 Å². The van der Waals surface area contributed by atoms with Crippen molar-refractivity contribution in [2.24, 2.45) is 0 Å². The highest BCUT2D eigenvalue weighted by Crippen LogP contribution is 2.39. The van der Waals surface area contributed by atoms with Crippen molar-refractivity contribution in [3.8, 4) is 11.4 Å². The van der Waals surface area contributed by atoms with E-state index in [1.807, 2.05) is 11.5 Å². The molecule has 17 heavy (non-hydrogen) atoms. The van der Waals surface area contributed by atoms with Gasteiger partial charge in [-0.2, -0.15) is 0 Å². The number of halogens is 1. The number of hydrogen-bond acceptors (Lipinski definition) is 3. The molecule has 88 valence electrons.